The van der Waals surface area contributed by atoms with Crippen molar-refractivity contribution in [2.45, 2.75) is 31.1 Å². The van der Waals surface area contributed by atoms with Crippen LogP contribution in [0.4, 0.5) is 0 Å². The molecule has 0 radical (unpaired) electrons. The van der Waals surface area contributed by atoms with Crippen molar-refractivity contribution in [3.05, 3.63) is 58.6 Å². The lowest BCUT2D eigenvalue weighted by Crippen LogP contribution is -2.13. The van der Waals surface area contributed by atoms with Gasteiger partial charge in [-0.05, 0) is 48.2 Å². The molecule has 23 heavy (non-hydrogen) atoms. The molecular weight excluding hydrogens is 334 g/mol. The molecule has 6 heteroatoms. The van der Waals surface area contributed by atoms with Gasteiger partial charge in [-0.25, -0.2) is 13.6 Å². The van der Waals surface area contributed by atoms with E-state index in [1.807, 2.05) is 24.3 Å². The Balaban J connectivity index is 2.10. The molecule has 4 nitrogen and oxygen atoms in total. The van der Waals surface area contributed by atoms with E-state index in [0.717, 1.165) is 29.7 Å². The van der Waals surface area contributed by atoms with Crippen LogP contribution in [-0.2, 0) is 16.4 Å². The van der Waals surface area contributed by atoms with Gasteiger partial charge in [0.1, 0.15) is 10.6 Å². The molecule has 0 aliphatic carbocycles. The zero-order chi connectivity index (χ0) is 16.9. The van der Waals surface area contributed by atoms with Crippen LogP contribution in [0.2, 0.25) is 5.02 Å². The zero-order valence-electron chi connectivity index (χ0n) is 13.0. The van der Waals surface area contributed by atoms with E-state index in [1.165, 1.54) is 6.07 Å². The second-order valence-corrected chi connectivity index (χ2v) is 7.27. The van der Waals surface area contributed by atoms with Crippen molar-refractivity contribution in [3.8, 4) is 5.75 Å². The lowest BCUT2D eigenvalue weighted by Gasteiger charge is -2.08. The molecule has 0 atom stereocenters. The molecule has 124 valence electrons. The van der Waals surface area contributed by atoms with Crippen LogP contribution in [0.1, 0.15) is 30.9 Å². The SMILES string of the molecule is CCCCOc1ccc(Cc2ccc(Cl)c(S(N)(=O)=O)c2)cc1. The fourth-order valence-corrected chi connectivity index (χ4v) is 3.25. The number of ether oxygens (including phenoxy) is 1. The van der Waals surface area contributed by atoms with Crippen molar-refractivity contribution < 1.29 is 13.2 Å². The molecule has 0 aromatic heterocycles. The number of sulfonamides is 1. The maximum atomic E-state index is 11.5. The highest BCUT2D eigenvalue weighted by Crippen LogP contribution is 2.23. The second-order valence-electron chi connectivity index (χ2n) is 5.33. The Morgan fingerprint density at radius 1 is 1.09 bits per heavy atom. The van der Waals surface area contributed by atoms with E-state index < -0.39 is 10.0 Å². The summed E-state index contributed by atoms with van der Waals surface area (Å²) in [6.45, 7) is 2.83. The largest absolute Gasteiger partial charge is 0.494 e. The fourth-order valence-electron chi connectivity index (χ4n) is 2.15. The molecule has 0 fully saturated rings. The molecule has 0 aliphatic heterocycles. The van der Waals surface area contributed by atoms with Gasteiger partial charge in [0.05, 0.1) is 11.6 Å². The third-order valence-electron chi connectivity index (χ3n) is 3.40. The molecule has 0 amide bonds. The van der Waals surface area contributed by atoms with E-state index in [0.29, 0.717) is 13.0 Å². The van der Waals surface area contributed by atoms with E-state index in [9.17, 15) is 8.42 Å². The highest BCUT2D eigenvalue weighted by Gasteiger charge is 2.13. The minimum atomic E-state index is -3.82. The predicted molar refractivity (Wildman–Crippen MR) is 92.5 cm³/mol. The van der Waals surface area contributed by atoms with Crippen molar-refractivity contribution in [3.63, 3.8) is 0 Å². The molecule has 2 aromatic carbocycles. The molecular formula is C17H20ClNO3S. The monoisotopic (exact) mass is 353 g/mol. The Morgan fingerprint density at radius 2 is 1.74 bits per heavy atom. The van der Waals surface area contributed by atoms with Gasteiger partial charge in [-0.15, -0.1) is 0 Å². The third kappa shape index (κ3) is 5.23. The number of benzene rings is 2. The summed E-state index contributed by atoms with van der Waals surface area (Å²) < 4.78 is 28.6. The standard InChI is InChI=1S/C17H20ClNO3S/c1-2-3-10-22-15-7-4-13(5-8-15)11-14-6-9-16(18)17(12-14)23(19,20)21/h4-9,12H,2-3,10-11H2,1H3,(H2,19,20,21). The molecule has 2 N–H and O–H groups in total. The van der Waals surface area contributed by atoms with Crippen LogP contribution in [0, 0.1) is 0 Å². The third-order valence-corrected chi connectivity index (χ3v) is 4.79. The highest BCUT2D eigenvalue weighted by molar-refractivity contribution is 7.89. The van der Waals surface area contributed by atoms with Crippen LogP contribution in [0.5, 0.6) is 5.75 Å². The summed E-state index contributed by atoms with van der Waals surface area (Å²) in [4.78, 5) is -0.0452. The van der Waals surface area contributed by atoms with E-state index in [4.69, 9.17) is 21.5 Å². The van der Waals surface area contributed by atoms with E-state index >= 15 is 0 Å². The number of unbranched alkanes of at least 4 members (excludes halogenated alkanes) is 1. The average Bonchev–Trinajstić information content (AvgIpc) is 2.50. The maximum absolute atomic E-state index is 11.5. The topological polar surface area (TPSA) is 69.4 Å². The van der Waals surface area contributed by atoms with Gasteiger partial charge in [0, 0.05) is 0 Å². The number of hydrogen-bond donors (Lipinski definition) is 1. The molecule has 0 heterocycles. The van der Waals surface area contributed by atoms with Gasteiger partial charge < -0.3 is 4.74 Å². The number of hydrogen-bond acceptors (Lipinski definition) is 3. The number of rotatable bonds is 7. The van der Waals surface area contributed by atoms with Crippen molar-refractivity contribution in [2.24, 2.45) is 5.14 Å². The molecule has 0 unspecified atom stereocenters. The van der Waals surface area contributed by atoms with Gasteiger partial charge in [-0.1, -0.05) is 43.1 Å². The van der Waals surface area contributed by atoms with Crippen molar-refractivity contribution >= 4 is 21.6 Å². The van der Waals surface area contributed by atoms with Crippen LogP contribution >= 0.6 is 11.6 Å². The van der Waals surface area contributed by atoms with Crippen molar-refractivity contribution in [2.75, 3.05) is 6.61 Å². The first-order valence-corrected chi connectivity index (χ1v) is 9.35. The van der Waals surface area contributed by atoms with E-state index in [1.54, 1.807) is 12.1 Å². The quantitative estimate of drug-likeness (QED) is 0.770. The summed E-state index contributed by atoms with van der Waals surface area (Å²) in [5.74, 6) is 0.837. The first kappa shape index (κ1) is 17.8. The first-order valence-electron chi connectivity index (χ1n) is 7.43. The Morgan fingerprint density at radius 3 is 2.35 bits per heavy atom. The number of primary sulfonamides is 1. The normalized spacial score (nSPS) is 11.4. The number of nitrogens with two attached hydrogens (primary N) is 1. The summed E-state index contributed by atoms with van der Waals surface area (Å²) in [7, 11) is -3.82. The minimum absolute atomic E-state index is 0.0452. The summed E-state index contributed by atoms with van der Waals surface area (Å²) in [6.07, 6.45) is 2.72. The first-order chi connectivity index (χ1) is 10.9. The van der Waals surface area contributed by atoms with Crippen LogP contribution in [0.15, 0.2) is 47.4 Å². The predicted octanol–water partition coefficient (Wildman–Crippen LogP) is 3.76. The fraction of sp³-hybridized carbons (Fsp3) is 0.294. The summed E-state index contributed by atoms with van der Waals surface area (Å²) in [5.41, 5.74) is 1.88. The van der Waals surface area contributed by atoms with Crippen LogP contribution < -0.4 is 9.88 Å². The van der Waals surface area contributed by atoms with Gasteiger partial charge in [0.15, 0.2) is 0 Å². The Labute approximate surface area is 142 Å². The van der Waals surface area contributed by atoms with Crippen LogP contribution in [-0.4, -0.2) is 15.0 Å². The van der Waals surface area contributed by atoms with Crippen molar-refractivity contribution in [1.82, 2.24) is 0 Å². The lowest BCUT2D eigenvalue weighted by molar-refractivity contribution is 0.309. The van der Waals surface area contributed by atoms with Crippen molar-refractivity contribution in [1.29, 1.82) is 0 Å². The number of halogens is 1. The van der Waals surface area contributed by atoms with E-state index in [-0.39, 0.29) is 9.92 Å². The molecule has 2 rings (SSSR count). The summed E-state index contributed by atoms with van der Waals surface area (Å²) in [6, 6.07) is 12.6. The van der Waals surface area contributed by atoms with Gasteiger partial charge in [-0.2, -0.15) is 0 Å². The Bertz CT molecular complexity index is 758. The molecule has 0 saturated heterocycles. The molecule has 0 bridgehead atoms. The van der Waals surface area contributed by atoms with Gasteiger partial charge in [-0.3, -0.25) is 0 Å². The second kappa shape index (κ2) is 7.81. The summed E-state index contributed by atoms with van der Waals surface area (Å²) in [5, 5.41) is 5.30. The molecule has 2 aromatic rings. The summed E-state index contributed by atoms with van der Waals surface area (Å²) >= 11 is 5.89. The Hall–Kier alpha value is -1.56. The van der Waals surface area contributed by atoms with Crippen LogP contribution in [0.3, 0.4) is 0 Å². The minimum Gasteiger partial charge on any atom is -0.494 e. The molecule has 0 saturated carbocycles. The molecule has 0 spiro atoms. The lowest BCUT2D eigenvalue weighted by atomic mass is 10.1. The van der Waals surface area contributed by atoms with Crippen LogP contribution in [0.25, 0.3) is 0 Å². The van der Waals surface area contributed by atoms with E-state index in [2.05, 4.69) is 6.92 Å². The Kier molecular flexibility index (Phi) is 6.04. The smallest absolute Gasteiger partial charge is 0.239 e. The van der Waals surface area contributed by atoms with Gasteiger partial charge in [0.25, 0.3) is 0 Å². The van der Waals surface area contributed by atoms with Gasteiger partial charge >= 0.3 is 0 Å². The maximum Gasteiger partial charge on any atom is 0.239 e. The van der Waals surface area contributed by atoms with Gasteiger partial charge in [0.2, 0.25) is 10.0 Å². The average molecular weight is 354 g/mol. The molecule has 0 aliphatic rings. The zero-order valence-corrected chi connectivity index (χ0v) is 14.5. The highest BCUT2D eigenvalue weighted by atomic mass is 35.5.